The summed E-state index contributed by atoms with van der Waals surface area (Å²) in [5.41, 5.74) is 5.30. The molecule has 0 spiro atoms. The molecule has 34 heavy (non-hydrogen) atoms. The predicted octanol–water partition coefficient (Wildman–Crippen LogP) is 4.42. The van der Waals surface area contributed by atoms with Crippen LogP contribution in [0.1, 0.15) is 11.1 Å². The number of fused-ring (bicyclic) bond motifs is 1. The van der Waals surface area contributed by atoms with Crippen molar-refractivity contribution in [3.05, 3.63) is 100 Å². The highest BCUT2D eigenvalue weighted by molar-refractivity contribution is 5.84. The smallest absolute Gasteiger partial charge is 0.251 e. The van der Waals surface area contributed by atoms with Crippen LogP contribution in [0.4, 0.5) is 17.1 Å². The molecule has 1 aromatic heterocycles. The summed E-state index contributed by atoms with van der Waals surface area (Å²) in [5, 5.41) is 13.9. The highest BCUT2D eigenvalue weighted by Crippen LogP contribution is 2.25. The largest absolute Gasteiger partial charge is 0.369 e. The van der Waals surface area contributed by atoms with E-state index in [2.05, 4.69) is 52.5 Å². The Bertz CT molecular complexity index is 1410. The molecule has 0 saturated carbocycles. The normalized spacial score (nSPS) is 14.2. The van der Waals surface area contributed by atoms with Crippen LogP contribution in [0, 0.1) is 11.3 Å². The summed E-state index contributed by atoms with van der Waals surface area (Å²) >= 11 is 0. The lowest BCUT2D eigenvalue weighted by Gasteiger charge is -2.34. The summed E-state index contributed by atoms with van der Waals surface area (Å²) in [7, 11) is 2.16. The molecule has 0 aliphatic carbocycles. The van der Waals surface area contributed by atoms with E-state index in [0.29, 0.717) is 12.1 Å². The van der Waals surface area contributed by atoms with Crippen LogP contribution in [-0.2, 0) is 6.54 Å². The minimum Gasteiger partial charge on any atom is -0.369 e. The summed E-state index contributed by atoms with van der Waals surface area (Å²) in [6.45, 7) is 4.60. The van der Waals surface area contributed by atoms with Crippen molar-refractivity contribution in [2.24, 2.45) is 0 Å². The van der Waals surface area contributed by atoms with E-state index in [1.807, 2.05) is 42.5 Å². The molecule has 4 aromatic rings. The van der Waals surface area contributed by atoms with Gasteiger partial charge in [0.15, 0.2) is 0 Å². The third kappa shape index (κ3) is 4.52. The summed E-state index contributed by atoms with van der Waals surface area (Å²) < 4.78 is 1.73. The van der Waals surface area contributed by atoms with Gasteiger partial charge in [0.2, 0.25) is 0 Å². The summed E-state index contributed by atoms with van der Waals surface area (Å²) in [4.78, 5) is 17.5. The third-order valence-corrected chi connectivity index (χ3v) is 6.48. The number of benzene rings is 3. The fraction of sp³-hybridized carbons (Fsp3) is 0.214. The summed E-state index contributed by atoms with van der Waals surface area (Å²) in [6.07, 6.45) is 0. The number of rotatable bonds is 5. The average molecular weight is 450 g/mol. The first-order valence-electron chi connectivity index (χ1n) is 11.5. The quantitative estimate of drug-likeness (QED) is 0.489. The molecule has 5 rings (SSSR count). The number of hydrogen-bond donors (Lipinski definition) is 1. The van der Waals surface area contributed by atoms with E-state index in [-0.39, 0.29) is 5.56 Å². The molecule has 6 nitrogen and oxygen atoms in total. The topological polar surface area (TPSA) is 64.3 Å². The van der Waals surface area contributed by atoms with Gasteiger partial charge >= 0.3 is 0 Å². The molecule has 1 saturated heterocycles. The molecule has 6 heteroatoms. The van der Waals surface area contributed by atoms with Gasteiger partial charge in [0.05, 0.1) is 23.7 Å². The molecule has 0 amide bonds. The van der Waals surface area contributed by atoms with Gasteiger partial charge in [-0.15, -0.1) is 0 Å². The molecule has 1 N–H and O–H groups in total. The van der Waals surface area contributed by atoms with Crippen LogP contribution < -0.4 is 15.8 Å². The van der Waals surface area contributed by atoms with Gasteiger partial charge in [-0.05, 0) is 66.5 Å². The van der Waals surface area contributed by atoms with Crippen LogP contribution in [-0.4, -0.2) is 42.7 Å². The number of anilines is 3. The van der Waals surface area contributed by atoms with Gasteiger partial charge in [0.1, 0.15) is 0 Å². The maximum Gasteiger partial charge on any atom is 0.251 e. The van der Waals surface area contributed by atoms with Gasteiger partial charge in [-0.3, -0.25) is 4.79 Å². The molecular formula is C28H27N5O. The van der Waals surface area contributed by atoms with Crippen LogP contribution in [0.2, 0.25) is 0 Å². The zero-order valence-electron chi connectivity index (χ0n) is 19.2. The van der Waals surface area contributed by atoms with Crippen molar-refractivity contribution in [3.63, 3.8) is 0 Å². The molecule has 0 atom stereocenters. The van der Waals surface area contributed by atoms with Crippen molar-refractivity contribution in [2.45, 2.75) is 6.54 Å². The third-order valence-electron chi connectivity index (χ3n) is 6.48. The van der Waals surface area contributed by atoms with Crippen LogP contribution >= 0.6 is 0 Å². The Morgan fingerprint density at radius 2 is 1.59 bits per heavy atom. The SMILES string of the molecule is CN1CCN(c2ccc(Nc3ccc4ccc(=O)n(Cc5ccccc5C#N)c4c3)cc2)CC1. The Morgan fingerprint density at radius 3 is 2.35 bits per heavy atom. The molecule has 0 radical (unpaired) electrons. The lowest BCUT2D eigenvalue weighted by molar-refractivity contribution is 0.313. The van der Waals surface area contributed by atoms with E-state index in [1.165, 1.54) is 5.69 Å². The van der Waals surface area contributed by atoms with Crippen LogP contribution in [0.15, 0.2) is 83.7 Å². The van der Waals surface area contributed by atoms with Crippen LogP contribution in [0.25, 0.3) is 10.9 Å². The van der Waals surface area contributed by atoms with Gasteiger partial charge in [0.25, 0.3) is 5.56 Å². The second-order valence-corrected chi connectivity index (χ2v) is 8.76. The summed E-state index contributed by atoms with van der Waals surface area (Å²) in [6, 6.07) is 27.6. The number of nitrogens with zero attached hydrogens (tertiary/aromatic N) is 4. The molecule has 170 valence electrons. The minimum absolute atomic E-state index is 0.0890. The van der Waals surface area contributed by atoms with Gasteiger partial charge in [0, 0.05) is 49.3 Å². The number of piperazine rings is 1. The van der Waals surface area contributed by atoms with Gasteiger partial charge in [-0.25, -0.2) is 0 Å². The van der Waals surface area contributed by atoms with Gasteiger partial charge in [-0.2, -0.15) is 5.26 Å². The number of likely N-dealkylation sites (N-methyl/N-ethyl adjacent to an activating group) is 1. The monoisotopic (exact) mass is 449 g/mol. The Labute approximate surface area is 199 Å². The fourth-order valence-electron chi connectivity index (χ4n) is 4.45. The van der Waals surface area contributed by atoms with E-state index in [4.69, 9.17) is 0 Å². The fourth-order valence-corrected chi connectivity index (χ4v) is 4.45. The maximum absolute atomic E-state index is 12.8. The molecule has 1 aliphatic heterocycles. The Morgan fingerprint density at radius 1 is 0.882 bits per heavy atom. The molecular weight excluding hydrogens is 422 g/mol. The van der Waals surface area contributed by atoms with Crippen molar-refractivity contribution in [3.8, 4) is 6.07 Å². The molecule has 1 fully saturated rings. The van der Waals surface area contributed by atoms with E-state index in [1.54, 1.807) is 16.7 Å². The first-order valence-corrected chi connectivity index (χ1v) is 11.5. The van der Waals surface area contributed by atoms with Crippen molar-refractivity contribution in [1.29, 1.82) is 5.26 Å². The molecule has 3 aromatic carbocycles. The summed E-state index contributed by atoms with van der Waals surface area (Å²) in [5.74, 6) is 0. The van der Waals surface area contributed by atoms with E-state index in [9.17, 15) is 10.1 Å². The average Bonchev–Trinajstić information content (AvgIpc) is 2.87. The predicted molar refractivity (Wildman–Crippen MR) is 138 cm³/mol. The number of nitriles is 1. The Kier molecular flexibility index (Phi) is 6.03. The number of aromatic nitrogens is 1. The molecule has 0 unspecified atom stereocenters. The second-order valence-electron chi connectivity index (χ2n) is 8.76. The van der Waals surface area contributed by atoms with E-state index >= 15 is 0 Å². The van der Waals surface area contributed by atoms with Crippen LogP contribution in [0.3, 0.4) is 0 Å². The maximum atomic E-state index is 12.8. The Hall–Kier alpha value is -4.08. The highest BCUT2D eigenvalue weighted by atomic mass is 16.1. The van der Waals surface area contributed by atoms with Crippen molar-refractivity contribution >= 4 is 28.0 Å². The van der Waals surface area contributed by atoms with Crippen molar-refractivity contribution in [1.82, 2.24) is 9.47 Å². The van der Waals surface area contributed by atoms with Crippen molar-refractivity contribution in [2.75, 3.05) is 43.4 Å². The first kappa shape index (κ1) is 21.7. The lowest BCUT2D eigenvalue weighted by Crippen LogP contribution is -2.44. The number of nitrogens with one attached hydrogen (secondary N) is 1. The zero-order valence-corrected chi connectivity index (χ0v) is 19.2. The van der Waals surface area contributed by atoms with Gasteiger partial charge in [-0.1, -0.05) is 24.3 Å². The van der Waals surface area contributed by atoms with Gasteiger partial charge < -0.3 is 19.7 Å². The molecule has 2 heterocycles. The first-order chi connectivity index (χ1) is 16.6. The zero-order chi connectivity index (χ0) is 23.5. The van der Waals surface area contributed by atoms with E-state index in [0.717, 1.165) is 54.0 Å². The molecule has 0 bridgehead atoms. The lowest BCUT2D eigenvalue weighted by atomic mass is 10.1. The van der Waals surface area contributed by atoms with Crippen LogP contribution in [0.5, 0.6) is 0 Å². The number of pyridine rings is 1. The number of hydrogen-bond acceptors (Lipinski definition) is 5. The van der Waals surface area contributed by atoms with E-state index < -0.39 is 0 Å². The Balaban J connectivity index is 1.41. The van der Waals surface area contributed by atoms with Crippen molar-refractivity contribution < 1.29 is 0 Å². The minimum atomic E-state index is -0.0890. The standard InChI is InChI=1S/C28H27N5O/c1-31-14-16-32(17-15-31)26-11-9-24(10-12-26)30-25-8-6-21-7-13-28(34)33(27(21)18-25)20-23-5-3-2-4-22(23)19-29/h2-13,18,30H,14-17,20H2,1H3. The molecule has 1 aliphatic rings. The second kappa shape index (κ2) is 9.42. The highest BCUT2D eigenvalue weighted by Gasteiger charge is 2.14.